The van der Waals surface area contributed by atoms with Gasteiger partial charge in [0.25, 0.3) is 0 Å². The third kappa shape index (κ3) is 3.46. The van der Waals surface area contributed by atoms with Crippen LogP contribution in [0.2, 0.25) is 0 Å². The molecule has 2 unspecified atom stereocenters. The number of likely N-dealkylation sites (tertiary alicyclic amines) is 1. The number of rotatable bonds is 4. The van der Waals surface area contributed by atoms with Gasteiger partial charge in [0.2, 0.25) is 0 Å². The highest BCUT2D eigenvalue weighted by Crippen LogP contribution is 2.30. The lowest BCUT2D eigenvalue weighted by molar-refractivity contribution is 0.125. The van der Waals surface area contributed by atoms with Crippen LogP contribution < -0.4 is 5.32 Å². The van der Waals surface area contributed by atoms with E-state index in [1.54, 1.807) is 0 Å². The van der Waals surface area contributed by atoms with E-state index in [0.29, 0.717) is 11.5 Å². The van der Waals surface area contributed by atoms with Gasteiger partial charge in [0.15, 0.2) is 0 Å². The number of nitrogens with zero attached hydrogens (tertiary/aromatic N) is 2. The van der Waals surface area contributed by atoms with Crippen LogP contribution in [0.4, 0.5) is 0 Å². The third-order valence-electron chi connectivity index (χ3n) is 5.02. The summed E-state index contributed by atoms with van der Waals surface area (Å²) in [5, 5.41) is 3.72. The molecule has 2 rings (SSSR count). The Kier molecular flexibility index (Phi) is 4.68. The third-order valence-corrected chi connectivity index (χ3v) is 5.02. The largest absolute Gasteiger partial charge is 0.312 e. The summed E-state index contributed by atoms with van der Waals surface area (Å²) in [7, 11) is 4.56. The van der Waals surface area contributed by atoms with E-state index in [-0.39, 0.29) is 0 Å². The van der Waals surface area contributed by atoms with E-state index in [4.69, 9.17) is 0 Å². The second kappa shape index (κ2) is 5.89. The lowest BCUT2D eigenvalue weighted by Gasteiger charge is -2.42. The Bertz CT molecular complexity index is 264. The Morgan fingerprint density at radius 3 is 2.67 bits per heavy atom. The molecule has 0 aromatic heterocycles. The van der Waals surface area contributed by atoms with Gasteiger partial charge in [-0.15, -0.1) is 0 Å². The summed E-state index contributed by atoms with van der Waals surface area (Å²) < 4.78 is 0. The molecule has 0 radical (unpaired) electrons. The minimum Gasteiger partial charge on any atom is -0.312 e. The van der Waals surface area contributed by atoms with Crippen molar-refractivity contribution in [2.45, 2.75) is 51.6 Å². The van der Waals surface area contributed by atoms with Crippen molar-refractivity contribution in [3.63, 3.8) is 0 Å². The molecule has 106 valence electrons. The molecule has 0 bridgehead atoms. The summed E-state index contributed by atoms with van der Waals surface area (Å²) in [6.45, 7) is 9.73. The molecule has 2 fully saturated rings. The molecule has 0 aromatic carbocycles. The first-order valence-corrected chi connectivity index (χ1v) is 7.61. The molecule has 2 atom stereocenters. The van der Waals surface area contributed by atoms with Crippen molar-refractivity contribution < 1.29 is 0 Å². The van der Waals surface area contributed by atoms with Gasteiger partial charge < -0.3 is 15.1 Å². The van der Waals surface area contributed by atoms with Gasteiger partial charge in [-0.3, -0.25) is 0 Å². The molecule has 1 N–H and O–H groups in total. The maximum atomic E-state index is 3.72. The van der Waals surface area contributed by atoms with Crippen LogP contribution in [0.3, 0.4) is 0 Å². The Morgan fingerprint density at radius 2 is 2.06 bits per heavy atom. The number of hydrogen-bond acceptors (Lipinski definition) is 3. The SMILES string of the molecule is CN(CC1CCCN1C)CC1NCCCC1(C)C. The van der Waals surface area contributed by atoms with Gasteiger partial charge in [-0.25, -0.2) is 0 Å². The van der Waals surface area contributed by atoms with Gasteiger partial charge in [-0.2, -0.15) is 0 Å². The van der Waals surface area contributed by atoms with Crippen molar-refractivity contribution in [1.82, 2.24) is 15.1 Å². The highest BCUT2D eigenvalue weighted by molar-refractivity contribution is 4.90. The molecule has 2 saturated heterocycles. The topological polar surface area (TPSA) is 18.5 Å². The summed E-state index contributed by atoms with van der Waals surface area (Å²) in [4.78, 5) is 5.06. The first-order valence-electron chi connectivity index (χ1n) is 7.61. The van der Waals surface area contributed by atoms with Crippen molar-refractivity contribution in [3.05, 3.63) is 0 Å². The first kappa shape index (κ1) is 14.3. The number of piperidine rings is 1. The molecule has 2 aliphatic heterocycles. The molecule has 0 saturated carbocycles. The normalized spacial score (nSPS) is 33.2. The Balaban J connectivity index is 1.81. The Hall–Kier alpha value is -0.120. The minimum absolute atomic E-state index is 0.452. The maximum absolute atomic E-state index is 3.72. The van der Waals surface area contributed by atoms with Crippen LogP contribution in [0.5, 0.6) is 0 Å². The van der Waals surface area contributed by atoms with Gasteiger partial charge in [-0.05, 0) is 58.3 Å². The molecule has 3 heteroatoms. The predicted octanol–water partition coefficient (Wildman–Crippen LogP) is 1.79. The second-order valence-corrected chi connectivity index (χ2v) is 7.10. The number of nitrogens with one attached hydrogen (secondary N) is 1. The van der Waals surface area contributed by atoms with Crippen molar-refractivity contribution in [2.24, 2.45) is 5.41 Å². The van der Waals surface area contributed by atoms with Gasteiger partial charge in [0, 0.05) is 25.2 Å². The molecule has 3 nitrogen and oxygen atoms in total. The van der Waals surface area contributed by atoms with Crippen LogP contribution in [0.25, 0.3) is 0 Å². The van der Waals surface area contributed by atoms with Crippen LogP contribution in [-0.4, -0.2) is 62.2 Å². The minimum atomic E-state index is 0.452. The molecule has 0 aromatic rings. The standard InChI is InChI=1S/C15H31N3/c1-15(2)8-6-9-16-14(15)12-17(3)11-13-7-5-10-18(13)4/h13-14,16H,5-12H2,1-4H3. The molecule has 2 aliphatic rings. The fraction of sp³-hybridized carbons (Fsp3) is 1.00. The fourth-order valence-electron chi connectivity index (χ4n) is 3.54. The van der Waals surface area contributed by atoms with Gasteiger partial charge in [-0.1, -0.05) is 13.8 Å². The van der Waals surface area contributed by atoms with E-state index in [9.17, 15) is 0 Å². The van der Waals surface area contributed by atoms with Crippen molar-refractivity contribution in [2.75, 3.05) is 40.3 Å². The quantitative estimate of drug-likeness (QED) is 0.824. The zero-order valence-corrected chi connectivity index (χ0v) is 12.7. The summed E-state index contributed by atoms with van der Waals surface area (Å²) >= 11 is 0. The van der Waals surface area contributed by atoms with Crippen LogP contribution in [0.1, 0.15) is 39.5 Å². The van der Waals surface area contributed by atoms with Gasteiger partial charge in [0.1, 0.15) is 0 Å². The van der Waals surface area contributed by atoms with Crippen LogP contribution in [0.15, 0.2) is 0 Å². The fourth-order valence-corrected chi connectivity index (χ4v) is 3.54. The molecule has 2 heterocycles. The lowest BCUT2D eigenvalue weighted by atomic mass is 9.77. The van der Waals surface area contributed by atoms with E-state index in [0.717, 1.165) is 6.04 Å². The highest BCUT2D eigenvalue weighted by atomic mass is 15.2. The van der Waals surface area contributed by atoms with E-state index in [1.165, 1.54) is 51.9 Å². The first-order chi connectivity index (χ1) is 8.49. The predicted molar refractivity (Wildman–Crippen MR) is 78.0 cm³/mol. The molecule has 0 spiro atoms. The maximum Gasteiger partial charge on any atom is 0.0245 e. The number of hydrogen-bond donors (Lipinski definition) is 1. The summed E-state index contributed by atoms with van der Waals surface area (Å²) in [5.74, 6) is 0. The summed E-state index contributed by atoms with van der Waals surface area (Å²) in [6.07, 6.45) is 5.45. The van der Waals surface area contributed by atoms with Crippen LogP contribution >= 0.6 is 0 Å². The van der Waals surface area contributed by atoms with E-state index >= 15 is 0 Å². The Labute approximate surface area is 113 Å². The highest BCUT2D eigenvalue weighted by Gasteiger charge is 2.33. The molecular formula is C15H31N3. The average molecular weight is 253 g/mol. The average Bonchev–Trinajstić information content (AvgIpc) is 2.67. The van der Waals surface area contributed by atoms with E-state index < -0.39 is 0 Å². The van der Waals surface area contributed by atoms with Crippen molar-refractivity contribution in [3.8, 4) is 0 Å². The zero-order chi connectivity index (χ0) is 13.2. The molecule has 18 heavy (non-hydrogen) atoms. The van der Waals surface area contributed by atoms with Gasteiger partial charge >= 0.3 is 0 Å². The molecule has 0 amide bonds. The summed E-state index contributed by atoms with van der Waals surface area (Å²) in [5.41, 5.74) is 0.452. The monoisotopic (exact) mass is 253 g/mol. The van der Waals surface area contributed by atoms with Crippen LogP contribution in [-0.2, 0) is 0 Å². The lowest BCUT2D eigenvalue weighted by Crippen LogP contribution is -2.53. The van der Waals surface area contributed by atoms with E-state index in [1.807, 2.05) is 0 Å². The molecular weight excluding hydrogens is 222 g/mol. The zero-order valence-electron chi connectivity index (χ0n) is 12.7. The smallest absolute Gasteiger partial charge is 0.0245 e. The number of likely N-dealkylation sites (N-methyl/N-ethyl adjacent to an activating group) is 2. The van der Waals surface area contributed by atoms with Crippen LogP contribution in [0, 0.1) is 5.41 Å². The second-order valence-electron chi connectivity index (χ2n) is 7.10. The molecule has 0 aliphatic carbocycles. The Morgan fingerprint density at radius 1 is 1.28 bits per heavy atom. The van der Waals surface area contributed by atoms with E-state index in [2.05, 4.69) is 43.1 Å². The van der Waals surface area contributed by atoms with Crippen molar-refractivity contribution >= 4 is 0 Å². The van der Waals surface area contributed by atoms with Gasteiger partial charge in [0.05, 0.1) is 0 Å². The summed E-state index contributed by atoms with van der Waals surface area (Å²) in [6, 6.07) is 1.43. The van der Waals surface area contributed by atoms with Crippen molar-refractivity contribution in [1.29, 1.82) is 0 Å².